The van der Waals surface area contributed by atoms with Crippen molar-refractivity contribution in [3.05, 3.63) is 60.3 Å². The average Bonchev–Trinajstić information content (AvgIpc) is 3.17. The zero-order valence-corrected chi connectivity index (χ0v) is 16.4. The molecule has 0 bridgehead atoms. The molecule has 8 heteroatoms. The SMILES string of the molecule is O=C(O)NC(Cc1c[nH]c2ccccc12)C(=O)Nc1ccc(N2CCOCC2)cc1. The Labute approximate surface area is 173 Å². The number of carbonyl (C=O) groups is 2. The quantitative estimate of drug-likeness (QED) is 0.502. The molecule has 1 aliphatic heterocycles. The molecule has 2 heterocycles. The Morgan fingerprint density at radius 3 is 2.57 bits per heavy atom. The van der Waals surface area contributed by atoms with Crippen LogP contribution in [-0.4, -0.2) is 54.4 Å². The topological polar surface area (TPSA) is 107 Å². The molecule has 4 rings (SSSR count). The number of aromatic nitrogens is 1. The first-order valence-corrected chi connectivity index (χ1v) is 9.88. The van der Waals surface area contributed by atoms with E-state index in [2.05, 4.69) is 20.5 Å². The molecule has 1 fully saturated rings. The van der Waals surface area contributed by atoms with E-state index in [9.17, 15) is 14.7 Å². The molecule has 0 radical (unpaired) electrons. The van der Waals surface area contributed by atoms with Crippen LogP contribution in [0.4, 0.5) is 16.2 Å². The molecule has 2 aromatic carbocycles. The van der Waals surface area contributed by atoms with E-state index in [1.54, 1.807) is 0 Å². The molecular formula is C22H24N4O4. The highest BCUT2D eigenvalue weighted by atomic mass is 16.5. The second-order valence-corrected chi connectivity index (χ2v) is 7.20. The smallest absolute Gasteiger partial charge is 0.405 e. The van der Waals surface area contributed by atoms with Crippen LogP contribution in [0.15, 0.2) is 54.7 Å². The summed E-state index contributed by atoms with van der Waals surface area (Å²) in [5, 5.41) is 15.3. The van der Waals surface area contributed by atoms with Crippen LogP contribution in [0.25, 0.3) is 10.9 Å². The van der Waals surface area contributed by atoms with Gasteiger partial charge >= 0.3 is 6.09 Å². The van der Waals surface area contributed by atoms with Crippen LogP contribution in [0, 0.1) is 0 Å². The van der Waals surface area contributed by atoms with Crippen LogP contribution in [0.1, 0.15) is 5.56 Å². The van der Waals surface area contributed by atoms with Crippen LogP contribution in [0.3, 0.4) is 0 Å². The molecule has 0 saturated carbocycles. The number of benzene rings is 2. The van der Waals surface area contributed by atoms with Gasteiger partial charge in [-0.1, -0.05) is 18.2 Å². The standard InChI is InChI=1S/C22H24N4O4/c27-21(24-16-5-7-17(8-6-16)26-9-11-30-12-10-26)20(25-22(28)29)13-15-14-23-19-4-2-1-3-18(15)19/h1-8,14,20,23,25H,9-13H2,(H,24,27)(H,28,29). The Bertz CT molecular complexity index is 1030. The lowest BCUT2D eigenvalue weighted by Gasteiger charge is -2.29. The lowest BCUT2D eigenvalue weighted by Crippen LogP contribution is -2.44. The van der Waals surface area contributed by atoms with Crippen molar-refractivity contribution in [1.29, 1.82) is 0 Å². The molecule has 1 saturated heterocycles. The zero-order chi connectivity index (χ0) is 20.9. The molecule has 1 aromatic heterocycles. The summed E-state index contributed by atoms with van der Waals surface area (Å²) in [6.07, 6.45) is 0.817. The maximum Gasteiger partial charge on any atom is 0.405 e. The Morgan fingerprint density at radius 2 is 1.83 bits per heavy atom. The van der Waals surface area contributed by atoms with E-state index in [1.807, 2.05) is 54.7 Å². The third-order valence-electron chi connectivity index (χ3n) is 5.22. The van der Waals surface area contributed by atoms with Gasteiger partial charge < -0.3 is 30.4 Å². The molecule has 4 N–H and O–H groups in total. The van der Waals surface area contributed by atoms with E-state index >= 15 is 0 Å². The predicted octanol–water partition coefficient (Wildman–Crippen LogP) is 2.82. The van der Waals surface area contributed by atoms with Gasteiger partial charge in [-0.05, 0) is 35.9 Å². The van der Waals surface area contributed by atoms with Crippen molar-refractivity contribution in [3.8, 4) is 0 Å². The Morgan fingerprint density at radius 1 is 1.10 bits per heavy atom. The number of rotatable bonds is 6. The number of para-hydroxylation sites is 1. The first-order valence-electron chi connectivity index (χ1n) is 9.88. The fraction of sp³-hybridized carbons (Fsp3) is 0.273. The minimum Gasteiger partial charge on any atom is -0.465 e. The number of nitrogens with zero attached hydrogens (tertiary/aromatic N) is 1. The Hall–Kier alpha value is -3.52. The van der Waals surface area contributed by atoms with Crippen molar-refractivity contribution in [2.75, 3.05) is 36.5 Å². The number of nitrogens with one attached hydrogen (secondary N) is 3. The summed E-state index contributed by atoms with van der Waals surface area (Å²) < 4.78 is 5.37. The minimum absolute atomic E-state index is 0.244. The zero-order valence-electron chi connectivity index (χ0n) is 16.4. The van der Waals surface area contributed by atoms with Crippen LogP contribution < -0.4 is 15.5 Å². The maximum atomic E-state index is 12.8. The highest BCUT2D eigenvalue weighted by molar-refractivity contribution is 5.97. The van der Waals surface area contributed by atoms with Gasteiger partial charge in [-0.25, -0.2) is 4.79 Å². The highest BCUT2D eigenvalue weighted by Crippen LogP contribution is 2.21. The number of ether oxygens (including phenoxy) is 1. The largest absolute Gasteiger partial charge is 0.465 e. The van der Waals surface area contributed by atoms with Crippen molar-refractivity contribution < 1.29 is 19.4 Å². The van der Waals surface area contributed by atoms with Gasteiger partial charge in [0, 0.05) is 48.0 Å². The van der Waals surface area contributed by atoms with Crippen molar-refractivity contribution >= 4 is 34.3 Å². The third-order valence-corrected chi connectivity index (χ3v) is 5.22. The van der Waals surface area contributed by atoms with E-state index in [-0.39, 0.29) is 6.42 Å². The summed E-state index contributed by atoms with van der Waals surface area (Å²) in [4.78, 5) is 29.5. The molecule has 156 valence electrons. The van der Waals surface area contributed by atoms with E-state index in [0.29, 0.717) is 18.9 Å². The summed E-state index contributed by atoms with van der Waals surface area (Å²) in [5.41, 5.74) is 3.51. The van der Waals surface area contributed by atoms with Gasteiger partial charge in [-0.3, -0.25) is 4.79 Å². The number of fused-ring (bicyclic) bond motifs is 1. The van der Waals surface area contributed by atoms with Gasteiger partial charge in [0.2, 0.25) is 5.91 Å². The first kappa shape index (κ1) is 19.8. The van der Waals surface area contributed by atoms with Crippen molar-refractivity contribution in [2.45, 2.75) is 12.5 Å². The van der Waals surface area contributed by atoms with Gasteiger partial charge in [-0.15, -0.1) is 0 Å². The van der Waals surface area contributed by atoms with E-state index in [4.69, 9.17) is 4.74 Å². The minimum atomic E-state index is -1.24. The van der Waals surface area contributed by atoms with Crippen molar-refractivity contribution in [2.24, 2.45) is 0 Å². The number of amides is 2. The molecule has 1 unspecified atom stereocenters. The van der Waals surface area contributed by atoms with Gasteiger partial charge in [0.15, 0.2) is 0 Å². The Kier molecular flexibility index (Phi) is 5.85. The number of H-pyrrole nitrogens is 1. The average molecular weight is 408 g/mol. The third kappa shape index (κ3) is 4.55. The molecule has 0 aliphatic carbocycles. The van der Waals surface area contributed by atoms with E-state index in [1.165, 1.54) is 0 Å². The molecule has 30 heavy (non-hydrogen) atoms. The molecule has 3 aromatic rings. The Balaban J connectivity index is 1.46. The van der Waals surface area contributed by atoms with Crippen LogP contribution in [-0.2, 0) is 16.0 Å². The molecule has 0 spiro atoms. The summed E-state index contributed by atoms with van der Waals surface area (Å²) >= 11 is 0. The van der Waals surface area contributed by atoms with E-state index in [0.717, 1.165) is 35.2 Å². The summed E-state index contributed by atoms with van der Waals surface area (Å²) in [5.74, 6) is -0.401. The number of carboxylic acid groups (broad SMARTS) is 1. The molecule has 8 nitrogen and oxygen atoms in total. The molecule has 1 atom stereocenters. The van der Waals surface area contributed by atoms with Gasteiger partial charge in [-0.2, -0.15) is 0 Å². The van der Waals surface area contributed by atoms with E-state index < -0.39 is 18.0 Å². The number of aromatic amines is 1. The fourth-order valence-corrected chi connectivity index (χ4v) is 3.69. The number of hydrogen-bond donors (Lipinski definition) is 4. The summed E-state index contributed by atoms with van der Waals surface area (Å²) in [6.45, 7) is 3.07. The lowest BCUT2D eigenvalue weighted by atomic mass is 10.0. The normalized spacial score (nSPS) is 15.0. The summed E-state index contributed by atoms with van der Waals surface area (Å²) in [7, 11) is 0. The molecule has 1 aliphatic rings. The second kappa shape index (κ2) is 8.87. The monoisotopic (exact) mass is 408 g/mol. The van der Waals surface area contributed by atoms with Gasteiger partial charge in [0.25, 0.3) is 0 Å². The highest BCUT2D eigenvalue weighted by Gasteiger charge is 2.23. The van der Waals surface area contributed by atoms with Crippen molar-refractivity contribution in [3.63, 3.8) is 0 Å². The molecular weight excluding hydrogens is 384 g/mol. The number of anilines is 2. The second-order valence-electron chi connectivity index (χ2n) is 7.20. The maximum absolute atomic E-state index is 12.8. The fourth-order valence-electron chi connectivity index (χ4n) is 3.69. The van der Waals surface area contributed by atoms with Crippen LogP contribution >= 0.6 is 0 Å². The van der Waals surface area contributed by atoms with Crippen LogP contribution in [0.2, 0.25) is 0 Å². The van der Waals surface area contributed by atoms with Gasteiger partial charge in [0.1, 0.15) is 6.04 Å². The predicted molar refractivity (Wildman–Crippen MR) is 115 cm³/mol. The first-order chi connectivity index (χ1) is 14.6. The summed E-state index contributed by atoms with van der Waals surface area (Å²) in [6, 6.07) is 14.3. The lowest BCUT2D eigenvalue weighted by molar-refractivity contribution is -0.118. The number of morpholine rings is 1. The van der Waals surface area contributed by atoms with Crippen molar-refractivity contribution in [1.82, 2.24) is 10.3 Å². The van der Waals surface area contributed by atoms with Gasteiger partial charge in [0.05, 0.1) is 13.2 Å². The molecule has 2 amide bonds. The number of carbonyl (C=O) groups excluding carboxylic acids is 1. The number of hydrogen-bond acceptors (Lipinski definition) is 4. The van der Waals surface area contributed by atoms with Crippen LogP contribution in [0.5, 0.6) is 0 Å².